The highest BCUT2D eigenvalue weighted by atomic mass is 19.3. The Balaban J connectivity index is 1.63. The summed E-state index contributed by atoms with van der Waals surface area (Å²) in [6.07, 6.45) is 0.170. The molecule has 5 rings (SSSR count). The van der Waals surface area contributed by atoms with Gasteiger partial charge in [0.15, 0.2) is 0 Å². The Hall–Kier alpha value is -3.70. The van der Waals surface area contributed by atoms with Crippen LogP contribution in [-0.4, -0.2) is 87.3 Å². The number of benzene rings is 2. The Labute approximate surface area is 211 Å². The molecule has 3 N–H and O–H groups in total. The number of aliphatic hydroxyl groups is 1. The van der Waals surface area contributed by atoms with Crippen molar-refractivity contribution in [2.24, 2.45) is 0 Å². The zero-order valence-electron chi connectivity index (χ0n) is 20.4. The summed E-state index contributed by atoms with van der Waals surface area (Å²) in [7, 11) is 1.79. The number of rotatable bonds is 8. The number of halogens is 2. The van der Waals surface area contributed by atoms with E-state index < -0.39 is 24.2 Å². The molecule has 0 bridgehead atoms. The predicted molar refractivity (Wildman–Crippen MR) is 131 cm³/mol. The number of aromatic nitrogens is 1. The average molecular weight is 515 g/mol. The molecular weight excluding hydrogens is 486 g/mol. The minimum Gasteiger partial charge on any atom is -0.508 e. The van der Waals surface area contributed by atoms with Gasteiger partial charge in [-0.2, -0.15) is 8.78 Å². The molecule has 3 aromatic rings. The molecule has 0 spiro atoms. The van der Waals surface area contributed by atoms with Crippen LogP contribution in [0.15, 0.2) is 42.5 Å². The number of alkyl halides is 2. The molecule has 2 aliphatic rings. The lowest BCUT2D eigenvalue weighted by atomic mass is 9.81. The van der Waals surface area contributed by atoms with Crippen LogP contribution in [0.4, 0.5) is 13.6 Å². The number of hydrogen-bond acceptors (Lipinski definition) is 6. The fourth-order valence-electron chi connectivity index (χ4n) is 5.46. The Morgan fingerprint density at radius 3 is 2.70 bits per heavy atom. The van der Waals surface area contributed by atoms with Crippen molar-refractivity contribution in [3.05, 3.63) is 59.3 Å². The van der Waals surface area contributed by atoms with Crippen LogP contribution < -0.4 is 4.74 Å². The standard InChI is InChI=1S/C26H28F2N4O5/c1-26-14-19-18-13-17(37-24(27)28)6-7-20(18)29-21(19)22(15-4-3-5-16(34)12-15)32(26)25(36)31(23(26)35)9-8-30(2)10-11-33/h3-7,12-13,22,24,29,33-34H,8-11,14H2,1-2H3/t22?,26-/m0/s1. The minimum atomic E-state index is -2.98. The van der Waals surface area contributed by atoms with Gasteiger partial charge >= 0.3 is 12.6 Å². The van der Waals surface area contributed by atoms with E-state index >= 15 is 0 Å². The second-order valence-corrected chi connectivity index (χ2v) is 9.69. The first-order chi connectivity index (χ1) is 17.6. The summed E-state index contributed by atoms with van der Waals surface area (Å²) in [5.41, 5.74) is 1.38. The minimum absolute atomic E-state index is 0.00633. The molecule has 2 atom stereocenters. The van der Waals surface area contributed by atoms with Gasteiger partial charge in [-0.05, 0) is 55.4 Å². The number of fused-ring (bicyclic) bond motifs is 4. The van der Waals surface area contributed by atoms with Crippen molar-refractivity contribution < 1.29 is 33.3 Å². The lowest BCUT2D eigenvalue weighted by Crippen LogP contribution is -2.53. The number of likely N-dealkylation sites (N-methyl/N-ethyl adjacent to an activating group) is 1. The van der Waals surface area contributed by atoms with Crippen molar-refractivity contribution in [2.75, 3.05) is 33.3 Å². The lowest BCUT2D eigenvalue weighted by Gasteiger charge is -2.42. The molecule has 2 aromatic carbocycles. The first kappa shape index (κ1) is 25.0. The summed E-state index contributed by atoms with van der Waals surface area (Å²) in [4.78, 5) is 35.5. The second-order valence-electron chi connectivity index (χ2n) is 9.69. The molecule has 0 saturated carbocycles. The number of ether oxygens (including phenoxy) is 1. The number of nitrogens with zero attached hydrogens (tertiary/aromatic N) is 3. The summed E-state index contributed by atoms with van der Waals surface area (Å²) in [6, 6.07) is 9.89. The van der Waals surface area contributed by atoms with Crippen LogP contribution in [0.1, 0.15) is 29.8 Å². The maximum Gasteiger partial charge on any atom is 0.387 e. The topological polar surface area (TPSA) is 109 Å². The number of nitrogens with one attached hydrogen (secondary N) is 1. The quantitative estimate of drug-likeness (QED) is 0.399. The maximum absolute atomic E-state index is 13.8. The average Bonchev–Trinajstić information content (AvgIpc) is 3.28. The number of carbonyl (C=O) groups is 2. The summed E-state index contributed by atoms with van der Waals surface area (Å²) >= 11 is 0. The maximum atomic E-state index is 13.8. The van der Waals surface area contributed by atoms with E-state index in [9.17, 15) is 28.6 Å². The third-order valence-electron chi connectivity index (χ3n) is 7.24. The summed E-state index contributed by atoms with van der Waals surface area (Å²) in [5.74, 6) is -0.358. The first-order valence-electron chi connectivity index (χ1n) is 12.0. The van der Waals surface area contributed by atoms with Gasteiger partial charge in [0, 0.05) is 42.7 Å². The van der Waals surface area contributed by atoms with Gasteiger partial charge in [-0.15, -0.1) is 0 Å². The van der Waals surface area contributed by atoms with Crippen LogP contribution in [0.3, 0.4) is 0 Å². The van der Waals surface area contributed by atoms with Crippen molar-refractivity contribution in [1.29, 1.82) is 0 Å². The molecule has 1 aromatic heterocycles. The second kappa shape index (κ2) is 9.31. The van der Waals surface area contributed by atoms with E-state index in [0.717, 1.165) is 5.56 Å². The number of carbonyl (C=O) groups excluding carboxylic acids is 2. The van der Waals surface area contributed by atoms with Gasteiger partial charge in [0.2, 0.25) is 0 Å². The Morgan fingerprint density at radius 2 is 2.00 bits per heavy atom. The van der Waals surface area contributed by atoms with Crippen molar-refractivity contribution in [3.8, 4) is 11.5 Å². The van der Waals surface area contributed by atoms with Crippen molar-refractivity contribution in [2.45, 2.75) is 31.5 Å². The van der Waals surface area contributed by atoms with E-state index in [4.69, 9.17) is 0 Å². The molecule has 1 saturated heterocycles. The van der Waals surface area contributed by atoms with Gasteiger partial charge in [0.25, 0.3) is 5.91 Å². The van der Waals surface area contributed by atoms with Gasteiger partial charge in [0.1, 0.15) is 23.1 Å². The molecule has 196 valence electrons. The monoisotopic (exact) mass is 514 g/mol. The van der Waals surface area contributed by atoms with E-state index in [1.807, 2.05) is 4.90 Å². The smallest absolute Gasteiger partial charge is 0.387 e. The Kier molecular flexibility index (Phi) is 6.28. The highest BCUT2D eigenvalue weighted by molar-refractivity contribution is 6.08. The van der Waals surface area contributed by atoms with Crippen LogP contribution >= 0.6 is 0 Å². The molecule has 1 unspecified atom stereocenters. The van der Waals surface area contributed by atoms with Gasteiger partial charge < -0.3 is 24.8 Å². The van der Waals surface area contributed by atoms with Gasteiger partial charge in [-0.3, -0.25) is 14.6 Å². The number of imide groups is 1. The molecule has 37 heavy (non-hydrogen) atoms. The molecule has 3 heterocycles. The fraction of sp³-hybridized carbons (Fsp3) is 0.385. The number of hydrogen-bond donors (Lipinski definition) is 3. The number of phenols is 1. The molecule has 1 fully saturated rings. The van der Waals surface area contributed by atoms with Crippen molar-refractivity contribution >= 4 is 22.8 Å². The first-order valence-corrected chi connectivity index (χ1v) is 12.0. The molecule has 11 heteroatoms. The summed E-state index contributed by atoms with van der Waals surface area (Å²) in [5, 5.41) is 20.0. The van der Waals surface area contributed by atoms with Gasteiger partial charge in [-0.1, -0.05) is 12.1 Å². The largest absolute Gasteiger partial charge is 0.508 e. The summed E-state index contributed by atoms with van der Waals surface area (Å²) in [6.45, 7) is -0.368. The van der Waals surface area contributed by atoms with E-state index in [0.29, 0.717) is 35.2 Å². The molecule has 2 aliphatic heterocycles. The van der Waals surface area contributed by atoms with Crippen LogP contribution in [-0.2, 0) is 11.2 Å². The van der Waals surface area contributed by atoms with Gasteiger partial charge in [0.05, 0.1) is 6.61 Å². The number of H-pyrrole nitrogens is 1. The van der Waals surface area contributed by atoms with E-state index in [1.54, 1.807) is 43.1 Å². The van der Waals surface area contributed by atoms with E-state index in [1.165, 1.54) is 23.1 Å². The molecule has 0 radical (unpaired) electrons. The van der Waals surface area contributed by atoms with E-state index in [2.05, 4.69) is 9.72 Å². The molecule has 9 nitrogen and oxygen atoms in total. The number of phenolic OH excluding ortho intramolecular Hbond substituents is 1. The highest BCUT2D eigenvalue weighted by Gasteiger charge is 2.60. The van der Waals surface area contributed by atoms with Crippen molar-refractivity contribution in [3.63, 3.8) is 0 Å². The third kappa shape index (κ3) is 4.17. The molecule has 3 amide bonds. The zero-order valence-corrected chi connectivity index (χ0v) is 20.4. The Morgan fingerprint density at radius 1 is 1.22 bits per heavy atom. The van der Waals surface area contributed by atoms with Gasteiger partial charge in [-0.25, -0.2) is 4.79 Å². The zero-order chi connectivity index (χ0) is 26.5. The van der Waals surface area contributed by atoms with Crippen LogP contribution in [0.5, 0.6) is 11.5 Å². The number of urea groups is 1. The molecular formula is C26H28F2N4O5. The lowest BCUT2D eigenvalue weighted by molar-refractivity contribution is -0.133. The number of aromatic amines is 1. The SMILES string of the molecule is CN(CCO)CCN1C(=O)N2C(c3cccc(O)c3)c3[nH]c4ccc(OC(F)F)cc4c3C[C@@]2(C)C1=O. The van der Waals surface area contributed by atoms with Crippen LogP contribution in [0.25, 0.3) is 10.9 Å². The Bertz CT molecular complexity index is 1360. The highest BCUT2D eigenvalue weighted by Crippen LogP contribution is 2.49. The number of aromatic hydroxyl groups is 1. The normalized spacial score (nSPS) is 21.3. The van der Waals surface area contributed by atoms with Crippen LogP contribution in [0, 0.1) is 0 Å². The van der Waals surface area contributed by atoms with Crippen molar-refractivity contribution in [1.82, 2.24) is 19.7 Å². The third-order valence-corrected chi connectivity index (χ3v) is 7.24. The predicted octanol–water partition coefficient (Wildman–Crippen LogP) is 3.07. The fourth-order valence-corrected chi connectivity index (χ4v) is 5.46. The number of aliphatic hydroxyl groups excluding tert-OH is 1. The van der Waals surface area contributed by atoms with E-state index in [-0.39, 0.29) is 37.0 Å². The summed E-state index contributed by atoms with van der Waals surface area (Å²) < 4.78 is 30.4. The molecule has 0 aliphatic carbocycles. The number of amides is 3. The van der Waals surface area contributed by atoms with Crippen LogP contribution in [0.2, 0.25) is 0 Å².